The quantitative estimate of drug-likeness (QED) is 0.0706. The highest BCUT2D eigenvalue weighted by Crippen LogP contribution is 2.37. The van der Waals surface area contributed by atoms with E-state index in [1.807, 2.05) is 0 Å². The van der Waals surface area contributed by atoms with E-state index in [2.05, 4.69) is 35.3 Å². The minimum absolute atomic E-state index is 0.0146. The van der Waals surface area contributed by atoms with Crippen LogP contribution in [0.1, 0.15) is 83.5 Å². The van der Waals surface area contributed by atoms with E-state index in [1.54, 1.807) is 71.9 Å². The minimum Gasteiger partial charge on any atom is -0.479 e. The highest BCUT2D eigenvalue weighted by Gasteiger charge is 2.39. The SMILES string of the molecule is CN(Cc1cc(NC(=O)CCc2cccc(C(Nc3ccc4c(N(C(=O)OC(C)(C)C)C(=O)OC(C)(C)C)ncc(F)c4c3)C(=O)O)c2)ccc1S(=O)(=O)C1CC1)C(=O)OCC[Si](C)(C)C. The topological polar surface area (TPSA) is 211 Å². The largest absolute Gasteiger partial charge is 0.479 e. The summed E-state index contributed by atoms with van der Waals surface area (Å²) in [5.74, 6) is -2.71. The standard InChI is InChI=1S/C47H60FN5O11SSi/c1-46(2,3)63-44(58)53(45(59)64-47(4,5)6)41-35-19-15-33(26-36(35)37(48)27-49-41)51-40(42(55)56)30-13-11-12-29(24-30)14-21-39(54)50-32-16-20-38(65(60,61)34-17-18-34)31(25-32)28-52(7)43(57)62-22-23-66(8,9)10/h11-13,15-16,19-20,24-27,34,40,51H,14,17-18,21-23,28H2,1-10H3,(H,50,54)(H,55,56). The van der Waals surface area contributed by atoms with E-state index >= 15 is 4.39 Å². The summed E-state index contributed by atoms with van der Waals surface area (Å²) >= 11 is 0. The van der Waals surface area contributed by atoms with Gasteiger partial charge in [-0.1, -0.05) is 43.9 Å². The Morgan fingerprint density at radius 2 is 1.52 bits per heavy atom. The molecule has 1 heterocycles. The number of anilines is 3. The Bertz CT molecular complexity index is 2570. The average Bonchev–Trinajstić information content (AvgIpc) is 4.05. The van der Waals surface area contributed by atoms with E-state index < -0.39 is 70.5 Å². The summed E-state index contributed by atoms with van der Waals surface area (Å²) < 4.78 is 58.6. The summed E-state index contributed by atoms with van der Waals surface area (Å²) in [5.41, 5.74) is -0.168. The molecular formula is C47H60FN5O11SSi. The highest BCUT2D eigenvalue weighted by atomic mass is 32.2. The molecule has 1 aliphatic carbocycles. The number of carbonyl (C=O) groups excluding carboxylic acids is 4. The Labute approximate surface area is 386 Å². The fourth-order valence-corrected chi connectivity index (χ4v) is 9.26. The number of imide groups is 1. The van der Waals surface area contributed by atoms with Crippen LogP contribution in [0.25, 0.3) is 10.8 Å². The molecule has 5 rings (SSSR count). The van der Waals surface area contributed by atoms with Gasteiger partial charge in [0.25, 0.3) is 0 Å². The molecule has 1 atom stereocenters. The number of carboxylic acids is 1. The van der Waals surface area contributed by atoms with Crippen molar-refractivity contribution in [1.82, 2.24) is 9.88 Å². The highest BCUT2D eigenvalue weighted by molar-refractivity contribution is 7.92. The van der Waals surface area contributed by atoms with Crippen molar-refractivity contribution in [3.05, 3.63) is 89.4 Å². The molecule has 0 spiro atoms. The summed E-state index contributed by atoms with van der Waals surface area (Å²) in [7, 11) is -3.58. The van der Waals surface area contributed by atoms with Gasteiger partial charge in [0.1, 0.15) is 17.0 Å². The van der Waals surface area contributed by atoms with Gasteiger partial charge in [0.05, 0.1) is 29.5 Å². The van der Waals surface area contributed by atoms with Gasteiger partial charge in [-0.15, -0.1) is 0 Å². The van der Waals surface area contributed by atoms with E-state index in [0.717, 1.165) is 12.2 Å². The number of fused-ring (bicyclic) bond motifs is 1. The maximum atomic E-state index is 15.4. The molecule has 356 valence electrons. The second-order valence-electron chi connectivity index (χ2n) is 19.5. The fourth-order valence-electron chi connectivity index (χ4n) is 6.68. The van der Waals surface area contributed by atoms with Crippen molar-refractivity contribution in [3.8, 4) is 0 Å². The summed E-state index contributed by atoms with van der Waals surface area (Å²) in [6.45, 7) is 16.4. The smallest absolute Gasteiger partial charge is 0.425 e. The number of benzene rings is 3. The van der Waals surface area contributed by atoms with Crippen molar-refractivity contribution in [2.24, 2.45) is 0 Å². The molecule has 66 heavy (non-hydrogen) atoms. The number of sulfone groups is 1. The first kappa shape index (κ1) is 50.9. The number of pyridine rings is 1. The first-order chi connectivity index (χ1) is 30.6. The number of aliphatic carboxylic acids is 1. The first-order valence-electron chi connectivity index (χ1n) is 21.6. The number of nitrogens with one attached hydrogen (secondary N) is 2. The van der Waals surface area contributed by atoms with E-state index in [0.29, 0.717) is 40.1 Å². The van der Waals surface area contributed by atoms with Crippen molar-refractivity contribution in [1.29, 1.82) is 0 Å². The second-order valence-corrected chi connectivity index (χ2v) is 27.4. The monoisotopic (exact) mass is 949 g/mol. The first-order valence-corrected chi connectivity index (χ1v) is 26.8. The van der Waals surface area contributed by atoms with Gasteiger partial charge in [0, 0.05) is 43.7 Å². The van der Waals surface area contributed by atoms with E-state index in [4.69, 9.17) is 14.2 Å². The number of rotatable bonds is 16. The van der Waals surface area contributed by atoms with Crippen LogP contribution in [0.15, 0.2) is 71.8 Å². The summed E-state index contributed by atoms with van der Waals surface area (Å²) in [6.07, 6.45) is -0.642. The maximum absolute atomic E-state index is 15.4. The predicted molar refractivity (Wildman–Crippen MR) is 252 cm³/mol. The zero-order chi connectivity index (χ0) is 48.9. The Morgan fingerprint density at radius 3 is 2.11 bits per heavy atom. The third-order valence-corrected chi connectivity index (χ3v) is 14.1. The fraction of sp³-hybridized carbons (Fsp3) is 0.447. The molecule has 1 unspecified atom stereocenters. The Hall–Kier alpha value is -6.08. The van der Waals surface area contributed by atoms with Gasteiger partial charge < -0.3 is 34.9 Å². The summed E-state index contributed by atoms with van der Waals surface area (Å²) in [6, 6.07) is 14.8. The van der Waals surface area contributed by atoms with Crippen LogP contribution < -0.4 is 15.5 Å². The zero-order valence-electron chi connectivity index (χ0n) is 39.1. The van der Waals surface area contributed by atoms with Crippen LogP contribution in [-0.4, -0.2) is 91.7 Å². The molecule has 16 nitrogen and oxygen atoms in total. The average molecular weight is 950 g/mol. The van der Waals surface area contributed by atoms with Gasteiger partial charge in [-0.2, -0.15) is 4.90 Å². The molecule has 4 aromatic rings. The number of ether oxygens (including phenoxy) is 3. The van der Waals surface area contributed by atoms with Crippen LogP contribution in [0.2, 0.25) is 25.7 Å². The minimum atomic E-state index is -3.65. The molecular weight excluding hydrogens is 890 g/mol. The third kappa shape index (κ3) is 14.0. The van der Waals surface area contributed by atoms with Gasteiger partial charge in [0.2, 0.25) is 5.91 Å². The number of carbonyl (C=O) groups is 5. The van der Waals surface area contributed by atoms with Crippen LogP contribution in [-0.2, 0) is 46.6 Å². The van der Waals surface area contributed by atoms with Crippen molar-refractivity contribution >= 4 is 76.0 Å². The number of amides is 4. The normalized spacial score (nSPS) is 13.6. The molecule has 3 N–H and O–H groups in total. The van der Waals surface area contributed by atoms with Crippen LogP contribution in [0.5, 0.6) is 0 Å². The van der Waals surface area contributed by atoms with Gasteiger partial charge in [-0.05, 0) is 120 Å². The summed E-state index contributed by atoms with van der Waals surface area (Å²) in [4.78, 5) is 71.6. The number of halogens is 1. The Morgan fingerprint density at radius 1 is 0.879 bits per heavy atom. The molecule has 0 saturated heterocycles. The second kappa shape index (κ2) is 20.2. The molecule has 1 aliphatic rings. The lowest BCUT2D eigenvalue weighted by atomic mass is 10.0. The molecule has 0 radical (unpaired) electrons. The van der Waals surface area contributed by atoms with E-state index in [9.17, 15) is 37.5 Å². The van der Waals surface area contributed by atoms with Crippen LogP contribution in [0.4, 0.5) is 36.0 Å². The van der Waals surface area contributed by atoms with E-state index in [-0.39, 0.29) is 59.1 Å². The number of carboxylic acid groups (broad SMARTS) is 1. The molecule has 0 aliphatic heterocycles. The number of nitrogens with zero attached hydrogens (tertiary/aromatic N) is 3. The van der Waals surface area contributed by atoms with Gasteiger partial charge in [-0.3, -0.25) is 4.79 Å². The van der Waals surface area contributed by atoms with Crippen LogP contribution in [0, 0.1) is 5.82 Å². The maximum Gasteiger partial charge on any atom is 0.425 e. The van der Waals surface area contributed by atoms with Crippen molar-refractivity contribution < 1.29 is 56.1 Å². The molecule has 1 aromatic heterocycles. The molecule has 0 bridgehead atoms. The zero-order valence-corrected chi connectivity index (χ0v) is 40.9. The number of hydrogen-bond donors (Lipinski definition) is 3. The summed E-state index contributed by atoms with van der Waals surface area (Å²) in [5, 5.41) is 15.6. The number of hydrogen-bond acceptors (Lipinski definition) is 12. The molecule has 3 aromatic carbocycles. The van der Waals surface area contributed by atoms with E-state index in [1.165, 1.54) is 42.3 Å². The number of aromatic nitrogens is 1. The molecule has 4 amide bonds. The Balaban J connectivity index is 1.31. The predicted octanol–water partition coefficient (Wildman–Crippen LogP) is 9.70. The lowest BCUT2D eigenvalue weighted by Crippen LogP contribution is -2.44. The lowest BCUT2D eigenvalue weighted by molar-refractivity contribution is -0.138. The lowest BCUT2D eigenvalue weighted by Gasteiger charge is -2.28. The van der Waals surface area contributed by atoms with Crippen LogP contribution in [0.3, 0.4) is 0 Å². The van der Waals surface area contributed by atoms with Crippen molar-refractivity contribution in [3.63, 3.8) is 0 Å². The Kier molecular flexibility index (Phi) is 15.6. The van der Waals surface area contributed by atoms with Gasteiger partial charge in [0.15, 0.2) is 21.7 Å². The molecule has 19 heteroatoms. The third-order valence-electron chi connectivity index (χ3n) is 10.1. The molecule has 1 fully saturated rings. The molecule has 1 saturated carbocycles. The number of aryl methyl sites for hydroxylation is 1. The van der Waals surface area contributed by atoms with Crippen molar-refractivity contribution in [2.45, 2.75) is 127 Å². The van der Waals surface area contributed by atoms with Gasteiger partial charge >= 0.3 is 24.2 Å². The van der Waals surface area contributed by atoms with Gasteiger partial charge in [-0.25, -0.2) is 37.0 Å². The van der Waals surface area contributed by atoms with Crippen LogP contribution >= 0.6 is 0 Å². The van der Waals surface area contributed by atoms with Crippen molar-refractivity contribution in [2.75, 3.05) is 29.2 Å².